The molecule has 4 aromatic rings. The monoisotopic (exact) mass is 417 g/mol. The van der Waals surface area contributed by atoms with Crippen molar-refractivity contribution < 1.29 is 13.7 Å². The van der Waals surface area contributed by atoms with Crippen LogP contribution in [0.25, 0.3) is 22.6 Å². The summed E-state index contributed by atoms with van der Waals surface area (Å²) in [5, 5.41) is 3.86. The van der Waals surface area contributed by atoms with E-state index in [4.69, 9.17) is 14.7 Å². The van der Waals surface area contributed by atoms with Crippen LogP contribution in [0.15, 0.2) is 57.5 Å². The largest absolute Gasteiger partial charge is 0.439 e. The van der Waals surface area contributed by atoms with E-state index in [2.05, 4.69) is 15.1 Å². The number of para-hydroxylation sites is 2. The number of hydrogen-bond acceptors (Lipinski definition) is 7. The second-order valence-electron chi connectivity index (χ2n) is 7.80. The summed E-state index contributed by atoms with van der Waals surface area (Å²) in [5.41, 5.74) is 9.19. The van der Waals surface area contributed by atoms with Crippen LogP contribution in [0.1, 0.15) is 47.4 Å². The Labute approximate surface area is 179 Å². The molecule has 1 amide bonds. The molecular weight excluding hydrogens is 394 g/mol. The lowest BCUT2D eigenvalue weighted by Crippen LogP contribution is -2.49. The van der Waals surface area contributed by atoms with Gasteiger partial charge in [0.15, 0.2) is 11.4 Å². The van der Waals surface area contributed by atoms with Crippen LogP contribution in [0, 0.1) is 6.92 Å². The van der Waals surface area contributed by atoms with Crippen molar-refractivity contribution in [1.29, 1.82) is 0 Å². The standard InChI is InChI=1S/C23H23N5O3/c1-14-25-21(31-27-14)15-8-2-3-9-16(15)23(29)28-13-7-6-11-18(28)20(24)22-26-17-10-4-5-12-19(17)30-22/h2-5,8-10,12,18,20H,6-7,11,13,24H2,1H3. The lowest BCUT2D eigenvalue weighted by Gasteiger charge is -2.38. The fourth-order valence-electron chi connectivity index (χ4n) is 4.20. The zero-order valence-electron chi connectivity index (χ0n) is 17.2. The molecule has 0 saturated carbocycles. The average molecular weight is 417 g/mol. The summed E-state index contributed by atoms with van der Waals surface area (Å²) >= 11 is 0. The highest BCUT2D eigenvalue weighted by Crippen LogP contribution is 2.31. The minimum Gasteiger partial charge on any atom is -0.439 e. The number of aromatic nitrogens is 3. The smallest absolute Gasteiger partial charge is 0.258 e. The van der Waals surface area contributed by atoms with Gasteiger partial charge in [0.25, 0.3) is 11.8 Å². The van der Waals surface area contributed by atoms with Crippen LogP contribution in [-0.4, -0.2) is 38.5 Å². The van der Waals surface area contributed by atoms with Crippen LogP contribution in [-0.2, 0) is 0 Å². The molecule has 3 heterocycles. The molecule has 1 aliphatic rings. The number of carbonyl (C=O) groups excluding carboxylic acids is 1. The Kier molecular flexibility index (Phi) is 4.99. The van der Waals surface area contributed by atoms with E-state index in [1.807, 2.05) is 47.4 Å². The van der Waals surface area contributed by atoms with Gasteiger partial charge in [-0.25, -0.2) is 4.98 Å². The minimum atomic E-state index is -0.519. The first kappa shape index (κ1) is 19.4. The molecule has 1 fully saturated rings. The van der Waals surface area contributed by atoms with Crippen LogP contribution >= 0.6 is 0 Å². The molecule has 31 heavy (non-hydrogen) atoms. The quantitative estimate of drug-likeness (QED) is 0.536. The maximum atomic E-state index is 13.6. The van der Waals surface area contributed by atoms with Gasteiger partial charge in [0, 0.05) is 6.54 Å². The average Bonchev–Trinajstić information content (AvgIpc) is 3.44. The van der Waals surface area contributed by atoms with E-state index in [1.165, 1.54) is 0 Å². The Hall–Kier alpha value is -3.52. The third-order valence-electron chi connectivity index (χ3n) is 5.74. The molecule has 2 N–H and O–H groups in total. The Morgan fingerprint density at radius 3 is 2.74 bits per heavy atom. The molecule has 1 saturated heterocycles. The number of nitrogens with zero attached hydrogens (tertiary/aromatic N) is 4. The number of likely N-dealkylation sites (tertiary alicyclic amines) is 1. The van der Waals surface area contributed by atoms with E-state index in [-0.39, 0.29) is 11.9 Å². The van der Waals surface area contributed by atoms with Crippen molar-refractivity contribution >= 4 is 17.0 Å². The van der Waals surface area contributed by atoms with Crippen molar-refractivity contribution in [3.05, 3.63) is 65.8 Å². The summed E-state index contributed by atoms with van der Waals surface area (Å²) in [5.74, 6) is 1.19. The summed E-state index contributed by atoms with van der Waals surface area (Å²) < 4.78 is 11.2. The maximum absolute atomic E-state index is 13.6. The second kappa shape index (κ2) is 7.96. The van der Waals surface area contributed by atoms with Gasteiger partial charge >= 0.3 is 0 Å². The van der Waals surface area contributed by atoms with Gasteiger partial charge < -0.3 is 19.6 Å². The van der Waals surface area contributed by atoms with Gasteiger partial charge in [-0.05, 0) is 50.5 Å². The number of aryl methyl sites for hydroxylation is 1. The van der Waals surface area contributed by atoms with E-state index in [1.54, 1.807) is 13.0 Å². The molecule has 2 aromatic carbocycles. The molecule has 0 bridgehead atoms. The topological polar surface area (TPSA) is 111 Å². The highest BCUT2D eigenvalue weighted by atomic mass is 16.5. The van der Waals surface area contributed by atoms with Crippen molar-refractivity contribution in [3.63, 3.8) is 0 Å². The number of hydrogen-bond donors (Lipinski definition) is 1. The predicted octanol–water partition coefficient (Wildman–Crippen LogP) is 3.88. The van der Waals surface area contributed by atoms with Crippen molar-refractivity contribution in [3.8, 4) is 11.5 Å². The summed E-state index contributed by atoms with van der Waals surface area (Å²) in [6.45, 7) is 2.37. The van der Waals surface area contributed by atoms with Gasteiger partial charge in [0.1, 0.15) is 11.6 Å². The molecule has 8 heteroatoms. The summed E-state index contributed by atoms with van der Waals surface area (Å²) in [6.07, 6.45) is 2.70. The number of oxazole rings is 1. The van der Waals surface area contributed by atoms with Gasteiger partial charge in [-0.15, -0.1) is 0 Å². The molecule has 0 radical (unpaired) electrons. The fraction of sp³-hybridized carbons (Fsp3) is 0.304. The minimum absolute atomic E-state index is 0.109. The Bertz CT molecular complexity index is 1200. The number of carbonyl (C=O) groups is 1. The van der Waals surface area contributed by atoms with E-state index in [9.17, 15) is 4.79 Å². The predicted molar refractivity (Wildman–Crippen MR) is 114 cm³/mol. The van der Waals surface area contributed by atoms with Crippen molar-refractivity contribution in [2.45, 2.75) is 38.3 Å². The van der Waals surface area contributed by atoms with Crippen molar-refractivity contribution in [2.75, 3.05) is 6.54 Å². The van der Waals surface area contributed by atoms with Gasteiger partial charge in [-0.2, -0.15) is 4.98 Å². The van der Waals surface area contributed by atoms with E-state index in [0.717, 1.165) is 24.8 Å². The summed E-state index contributed by atoms with van der Waals surface area (Å²) in [4.78, 5) is 24.3. The highest BCUT2D eigenvalue weighted by molar-refractivity contribution is 6.00. The van der Waals surface area contributed by atoms with Gasteiger partial charge in [0.05, 0.1) is 17.2 Å². The van der Waals surface area contributed by atoms with E-state index >= 15 is 0 Å². The zero-order chi connectivity index (χ0) is 21.4. The van der Waals surface area contributed by atoms with Gasteiger partial charge in [-0.3, -0.25) is 4.79 Å². The maximum Gasteiger partial charge on any atom is 0.258 e. The number of amides is 1. The number of benzene rings is 2. The first-order chi connectivity index (χ1) is 15.1. The SMILES string of the molecule is Cc1noc(-c2ccccc2C(=O)N2CCCCC2C(N)c2nc3ccccc3o2)n1. The van der Waals surface area contributed by atoms with Crippen LogP contribution in [0.2, 0.25) is 0 Å². The first-order valence-corrected chi connectivity index (χ1v) is 10.4. The second-order valence-corrected chi connectivity index (χ2v) is 7.80. The molecule has 0 spiro atoms. The number of piperidine rings is 1. The number of rotatable bonds is 4. The summed E-state index contributed by atoms with van der Waals surface area (Å²) in [6, 6.07) is 14.1. The van der Waals surface area contributed by atoms with Crippen molar-refractivity contribution in [1.82, 2.24) is 20.0 Å². The molecule has 5 rings (SSSR count). The molecule has 2 aromatic heterocycles. The third kappa shape index (κ3) is 3.59. The Morgan fingerprint density at radius 1 is 1.13 bits per heavy atom. The highest BCUT2D eigenvalue weighted by Gasteiger charge is 2.35. The zero-order valence-corrected chi connectivity index (χ0v) is 17.2. The molecule has 2 unspecified atom stereocenters. The third-order valence-corrected chi connectivity index (χ3v) is 5.74. The first-order valence-electron chi connectivity index (χ1n) is 10.4. The summed E-state index contributed by atoms with van der Waals surface area (Å²) in [7, 11) is 0. The van der Waals surface area contributed by atoms with Gasteiger partial charge in [-0.1, -0.05) is 29.4 Å². The lowest BCUT2D eigenvalue weighted by atomic mass is 9.94. The van der Waals surface area contributed by atoms with E-state index < -0.39 is 6.04 Å². The van der Waals surface area contributed by atoms with Crippen LogP contribution in [0.3, 0.4) is 0 Å². The molecule has 158 valence electrons. The van der Waals surface area contributed by atoms with Gasteiger partial charge in [0.2, 0.25) is 5.89 Å². The van der Waals surface area contributed by atoms with Crippen molar-refractivity contribution in [2.24, 2.45) is 5.73 Å². The fourth-order valence-corrected chi connectivity index (χ4v) is 4.20. The van der Waals surface area contributed by atoms with Crippen LogP contribution in [0.4, 0.5) is 0 Å². The molecule has 8 nitrogen and oxygen atoms in total. The number of fused-ring (bicyclic) bond motifs is 1. The number of nitrogens with two attached hydrogens (primary N) is 1. The molecule has 2 atom stereocenters. The normalized spacial score (nSPS) is 17.7. The van der Waals surface area contributed by atoms with Crippen LogP contribution in [0.5, 0.6) is 0 Å². The Balaban J connectivity index is 1.48. The van der Waals surface area contributed by atoms with E-state index in [0.29, 0.717) is 40.9 Å². The molecular formula is C23H23N5O3. The lowest BCUT2D eigenvalue weighted by molar-refractivity contribution is 0.0561. The molecule has 0 aliphatic carbocycles. The van der Waals surface area contributed by atoms with Crippen LogP contribution < -0.4 is 5.73 Å². The Morgan fingerprint density at radius 2 is 1.94 bits per heavy atom. The molecule has 1 aliphatic heterocycles.